The molecule has 0 saturated carbocycles. The molecule has 9 aromatic rings. The van der Waals surface area contributed by atoms with E-state index in [1.54, 1.807) is 0 Å². The number of benzene rings is 9. The fourth-order valence-electron chi connectivity index (χ4n) is 11.4. The Bertz CT molecular complexity index is 3260. The number of nitrogens with zero attached hydrogens (tertiary/aromatic N) is 2. The van der Waals surface area contributed by atoms with Crippen molar-refractivity contribution in [1.29, 1.82) is 0 Å². The van der Waals surface area contributed by atoms with E-state index < -0.39 is 0 Å². The van der Waals surface area contributed by atoms with Crippen molar-refractivity contribution in [3.63, 3.8) is 0 Å². The molecule has 11 rings (SSSR count). The highest BCUT2D eigenvalue weighted by Crippen LogP contribution is 2.54. The van der Waals surface area contributed by atoms with E-state index in [1.807, 2.05) is 0 Å². The Balaban J connectivity index is 0.870. The molecular formula is C70H68N2. The summed E-state index contributed by atoms with van der Waals surface area (Å²) in [6.45, 7) is 27.5. The van der Waals surface area contributed by atoms with E-state index in [9.17, 15) is 0 Å². The molecule has 0 aliphatic heterocycles. The molecule has 0 atom stereocenters. The standard InChI is InChI=1S/C70H68N2/c1-45-13-27-53(28-14-45)71(55-31-23-51(24-32-55)67(3,4)5)57-35-39-61-59-37-21-49(41-63(59)69(9,10)65(61)43-57)47-17-19-48(20-18-47)50-22-38-60-62-40-36-58(44-66(62)70(11,12)64(60)42-50)72(54-29-15-46(2)16-30-54)56-33-25-52(26-34-56)68(6,7)8/h13-44H,1-12H3. The minimum atomic E-state index is -0.183. The molecule has 2 nitrogen and oxygen atoms in total. The molecule has 2 heteroatoms. The lowest BCUT2D eigenvalue weighted by molar-refractivity contribution is 0.590. The van der Waals surface area contributed by atoms with Gasteiger partial charge in [0.15, 0.2) is 0 Å². The summed E-state index contributed by atoms with van der Waals surface area (Å²) in [6, 6.07) is 73.7. The molecule has 2 aliphatic rings. The molecule has 72 heavy (non-hydrogen) atoms. The first kappa shape index (κ1) is 46.9. The van der Waals surface area contributed by atoms with Crippen LogP contribution in [0.3, 0.4) is 0 Å². The third-order valence-electron chi connectivity index (χ3n) is 16.0. The van der Waals surface area contributed by atoms with Crippen LogP contribution in [0.4, 0.5) is 34.1 Å². The SMILES string of the molecule is Cc1ccc(N(c2ccc(C(C)(C)C)cc2)c2ccc3c(c2)C(C)(C)c2cc(-c4ccc(-c5ccc6c(c5)C(C)(C)c5cc(N(c7ccc(C)cc7)c7ccc(C(C)(C)C)cc7)ccc5-6)cc4)ccc2-3)cc1. The van der Waals surface area contributed by atoms with Gasteiger partial charge in [0, 0.05) is 45.0 Å². The number of hydrogen-bond donors (Lipinski definition) is 0. The predicted molar refractivity (Wildman–Crippen MR) is 309 cm³/mol. The first-order valence-corrected chi connectivity index (χ1v) is 25.9. The van der Waals surface area contributed by atoms with Gasteiger partial charge < -0.3 is 9.80 Å². The molecule has 2 aliphatic carbocycles. The van der Waals surface area contributed by atoms with E-state index in [1.165, 1.54) is 100 Å². The first-order chi connectivity index (χ1) is 34.3. The molecule has 0 unspecified atom stereocenters. The molecule has 0 aromatic heterocycles. The highest BCUT2D eigenvalue weighted by Gasteiger charge is 2.38. The first-order valence-electron chi connectivity index (χ1n) is 25.9. The fraction of sp³-hybridized carbons (Fsp3) is 0.229. The monoisotopic (exact) mass is 937 g/mol. The molecular weight excluding hydrogens is 869 g/mol. The van der Waals surface area contributed by atoms with E-state index in [0.717, 1.165) is 22.7 Å². The van der Waals surface area contributed by atoms with E-state index in [4.69, 9.17) is 0 Å². The van der Waals surface area contributed by atoms with Crippen LogP contribution in [0.25, 0.3) is 44.5 Å². The predicted octanol–water partition coefficient (Wildman–Crippen LogP) is 19.8. The summed E-state index contributed by atoms with van der Waals surface area (Å²) >= 11 is 0. The Kier molecular flexibility index (Phi) is 11.2. The summed E-state index contributed by atoms with van der Waals surface area (Å²) in [4.78, 5) is 4.81. The van der Waals surface area contributed by atoms with Crippen molar-refractivity contribution in [2.45, 2.75) is 105 Å². The van der Waals surface area contributed by atoms with Crippen LogP contribution in [0.2, 0.25) is 0 Å². The summed E-state index contributed by atoms with van der Waals surface area (Å²) in [6.07, 6.45) is 0. The molecule has 9 aromatic carbocycles. The Morgan fingerprint density at radius 2 is 0.528 bits per heavy atom. The average Bonchev–Trinajstić information content (AvgIpc) is 3.73. The molecule has 0 amide bonds. The van der Waals surface area contributed by atoms with Crippen LogP contribution < -0.4 is 9.80 Å². The molecule has 358 valence electrons. The summed E-state index contributed by atoms with van der Waals surface area (Å²) in [5.41, 5.74) is 27.7. The van der Waals surface area contributed by atoms with E-state index >= 15 is 0 Å². The second-order valence-corrected chi connectivity index (χ2v) is 23.7. The Hall–Kier alpha value is -7.42. The van der Waals surface area contributed by atoms with Gasteiger partial charge in [0.2, 0.25) is 0 Å². The zero-order valence-electron chi connectivity index (χ0n) is 44.4. The summed E-state index contributed by atoms with van der Waals surface area (Å²) in [5, 5.41) is 0. The average molecular weight is 937 g/mol. The van der Waals surface area contributed by atoms with Crippen LogP contribution in [0.1, 0.15) is 114 Å². The van der Waals surface area contributed by atoms with Crippen LogP contribution in [0.15, 0.2) is 194 Å². The zero-order valence-corrected chi connectivity index (χ0v) is 44.4. The van der Waals surface area contributed by atoms with Gasteiger partial charge in [0.1, 0.15) is 0 Å². The summed E-state index contributed by atoms with van der Waals surface area (Å²) < 4.78 is 0. The smallest absolute Gasteiger partial charge is 0.0465 e. The lowest BCUT2D eigenvalue weighted by atomic mass is 9.81. The normalized spacial score (nSPS) is 14.1. The highest BCUT2D eigenvalue weighted by atomic mass is 15.1. The lowest BCUT2D eigenvalue weighted by Crippen LogP contribution is -2.17. The van der Waals surface area contributed by atoms with Crippen molar-refractivity contribution in [3.8, 4) is 44.5 Å². The van der Waals surface area contributed by atoms with Crippen LogP contribution >= 0.6 is 0 Å². The van der Waals surface area contributed by atoms with E-state index in [-0.39, 0.29) is 21.7 Å². The zero-order chi connectivity index (χ0) is 50.5. The number of fused-ring (bicyclic) bond motifs is 6. The molecule has 0 heterocycles. The molecule has 0 bridgehead atoms. The van der Waals surface area contributed by atoms with Crippen molar-refractivity contribution in [2.75, 3.05) is 9.80 Å². The lowest BCUT2D eigenvalue weighted by Gasteiger charge is -2.29. The van der Waals surface area contributed by atoms with Gasteiger partial charge in [-0.2, -0.15) is 0 Å². The number of aryl methyl sites for hydroxylation is 2. The van der Waals surface area contributed by atoms with Crippen molar-refractivity contribution in [3.05, 3.63) is 239 Å². The number of anilines is 6. The summed E-state index contributed by atoms with van der Waals surface area (Å²) in [7, 11) is 0. The van der Waals surface area contributed by atoms with Crippen LogP contribution in [0, 0.1) is 13.8 Å². The van der Waals surface area contributed by atoms with Gasteiger partial charge in [-0.25, -0.2) is 0 Å². The second-order valence-electron chi connectivity index (χ2n) is 23.7. The van der Waals surface area contributed by atoms with Gasteiger partial charge in [0.25, 0.3) is 0 Å². The summed E-state index contributed by atoms with van der Waals surface area (Å²) in [5.74, 6) is 0. The minimum Gasteiger partial charge on any atom is -0.310 e. The number of hydrogen-bond acceptors (Lipinski definition) is 2. The van der Waals surface area contributed by atoms with Gasteiger partial charge in [-0.3, -0.25) is 0 Å². The maximum Gasteiger partial charge on any atom is 0.0465 e. The van der Waals surface area contributed by atoms with Gasteiger partial charge in [-0.15, -0.1) is 0 Å². The molecule has 0 radical (unpaired) electrons. The van der Waals surface area contributed by atoms with Crippen molar-refractivity contribution < 1.29 is 0 Å². The second kappa shape index (κ2) is 17.1. The Labute approximate surface area is 429 Å². The van der Waals surface area contributed by atoms with Gasteiger partial charge >= 0.3 is 0 Å². The van der Waals surface area contributed by atoms with E-state index in [0.29, 0.717) is 0 Å². The van der Waals surface area contributed by atoms with Crippen LogP contribution in [-0.2, 0) is 21.7 Å². The largest absolute Gasteiger partial charge is 0.310 e. The quantitative estimate of drug-likeness (QED) is 0.150. The van der Waals surface area contributed by atoms with Crippen molar-refractivity contribution >= 4 is 34.1 Å². The van der Waals surface area contributed by atoms with Crippen molar-refractivity contribution in [2.24, 2.45) is 0 Å². The Morgan fingerprint density at radius 1 is 0.278 bits per heavy atom. The van der Waals surface area contributed by atoms with Crippen LogP contribution in [0.5, 0.6) is 0 Å². The third kappa shape index (κ3) is 8.16. The van der Waals surface area contributed by atoms with E-state index in [2.05, 4.69) is 287 Å². The fourth-order valence-corrected chi connectivity index (χ4v) is 11.4. The minimum absolute atomic E-state index is 0.0879. The third-order valence-corrected chi connectivity index (χ3v) is 16.0. The van der Waals surface area contributed by atoms with Crippen LogP contribution in [-0.4, -0.2) is 0 Å². The highest BCUT2D eigenvalue weighted by molar-refractivity contribution is 5.89. The van der Waals surface area contributed by atoms with Gasteiger partial charge in [-0.05, 0) is 187 Å². The van der Waals surface area contributed by atoms with Gasteiger partial charge in [0.05, 0.1) is 0 Å². The number of rotatable bonds is 8. The molecule has 0 fully saturated rings. The molecule has 0 spiro atoms. The maximum absolute atomic E-state index is 2.44. The molecule has 0 N–H and O–H groups in total. The van der Waals surface area contributed by atoms with Crippen molar-refractivity contribution in [1.82, 2.24) is 0 Å². The van der Waals surface area contributed by atoms with Gasteiger partial charge in [-0.1, -0.05) is 190 Å². The maximum atomic E-state index is 2.44. The molecule has 0 saturated heterocycles. The topological polar surface area (TPSA) is 6.48 Å². The Morgan fingerprint density at radius 3 is 0.833 bits per heavy atom.